The minimum atomic E-state index is -0.506. The third-order valence-electron chi connectivity index (χ3n) is 3.29. The van der Waals surface area contributed by atoms with Gasteiger partial charge in [0, 0.05) is 11.1 Å². The van der Waals surface area contributed by atoms with E-state index < -0.39 is 5.97 Å². The van der Waals surface area contributed by atoms with Crippen LogP contribution in [0.2, 0.25) is 0 Å². The van der Waals surface area contributed by atoms with Crippen molar-refractivity contribution in [3.63, 3.8) is 0 Å². The van der Waals surface area contributed by atoms with Crippen LogP contribution in [-0.4, -0.2) is 28.2 Å². The zero-order valence-electron chi connectivity index (χ0n) is 13.3. The summed E-state index contributed by atoms with van der Waals surface area (Å²) < 4.78 is 6.78. The lowest BCUT2D eigenvalue weighted by atomic mass is 10.3. The first-order valence-electron chi connectivity index (χ1n) is 7.43. The molecule has 7 heteroatoms. The molecule has 0 unspecified atom stereocenters. The van der Waals surface area contributed by atoms with Crippen LogP contribution in [0.4, 0.5) is 11.5 Å². The van der Waals surface area contributed by atoms with Crippen LogP contribution < -0.4 is 0 Å². The van der Waals surface area contributed by atoms with Crippen LogP contribution >= 0.6 is 11.8 Å². The van der Waals surface area contributed by atoms with Crippen LogP contribution in [0.25, 0.3) is 5.65 Å². The number of benzene rings is 1. The summed E-state index contributed by atoms with van der Waals surface area (Å²) in [5.74, 6) is -0.147. The lowest BCUT2D eigenvalue weighted by molar-refractivity contribution is 0.0521. The minimum absolute atomic E-state index is 0.160. The van der Waals surface area contributed by atoms with Crippen LogP contribution in [0.3, 0.4) is 0 Å². The Morgan fingerprint density at radius 1 is 1.25 bits per heavy atom. The highest BCUT2D eigenvalue weighted by atomic mass is 32.2. The molecule has 3 rings (SSSR count). The molecule has 2 aromatic heterocycles. The Kier molecular flexibility index (Phi) is 4.90. The first-order valence-corrected chi connectivity index (χ1v) is 8.65. The van der Waals surface area contributed by atoms with Crippen molar-refractivity contribution in [2.24, 2.45) is 10.2 Å². The summed E-state index contributed by atoms with van der Waals surface area (Å²) in [7, 11) is 0. The van der Waals surface area contributed by atoms with E-state index in [4.69, 9.17) is 4.74 Å². The molecule has 0 spiro atoms. The summed E-state index contributed by atoms with van der Waals surface area (Å²) in [4.78, 5) is 17.5. The minimum Gasteiger partial charge on any atom is -0.461 e. The zero-order chi connectivity index (χ0) is 16.9. The first-order chi connectivity index (χ1) is 11.7. The van der Waals surface area contributed by atoms with E-state index in [1.54, 1.807) is 35.3 Å². The van der Waals surface area contributed by atoms with Crippen molar-refractivity contribution < 1.29 is 9.53 Å². The monoisotopic (exact) mass is 340 g/mol. The summed E-state index contributed by atoms with van der Waals surface area (Å²) in [5, 5.41) is 8.51. The zero-order valence-corrected chi connectivity index (χ0v) is 14.2. The smallest absolute Gasteiger partial charge is 0.360 e. The van der Waals surface area contributed by atoms with Crippen LogP contribution in [0.5, 0.6) is 0 Å². The van der Waals surface area contributed by atoms with Gasteiger partial charge in [0.05, 0.1) is 12.3 Å². The number of azo groups is 1. The van der Waals surface area contributed by atoms with E-state index in [0.717, 1.165) is 4.90 Å². The van der Waals surface area contributed by atoms with Crippen molar-refractivity contribution in [3.05, 3.63) is 54.4 Å². The molecule has 6 nitrogen and oxygen atoms in total. The van der Waals surface area contributed by atoms with Gasteiger partial charge < -0.3 is 4.74 Å². The normalized spacial score (nSPS) is 11.2. The second-order valence-corrected chi connectivity index (χ2v) is 5.71. The summed E-state index contributed by atoms with van der Waals surface area (Å²) in [6, 6.07) is 13.2. The Bertz CT molecular complexity index is 904. The van der Waals surface area contributed by atoms with Gasteiger partial charge >= 0.3 is 5.97 Å². The molecule has 0 aliphatic heterocycles. The number of esters is 1. The molecule has 0 fully saturated rings. The number of hydrogen-bond acceptors (Lipinski definition) is 6. The van der Waals surface area contributed by atoms with E-state index in [2.05, 4.69) is 15.2 Å². The van der Waals surface area contributed by atoms with Gasteiger partial charge in [-0.15, -0.1) is 22.0 Å². The van der Waals surface area contributed by atoms with Gasteiger partial charge in [0.25, 0.3) is 0 Å². The van der Waals surface area contributed by atoms with E-state index in [9.17, 15) is 4.79 Å². The molecule has 0 saturated heterocycles. The Balaban J connectivity index is 2.04. The maximum Gasteiger partial charge on any atom is 0.360 e. The number of aromatic nitrogens is 2. The third kappa shape index (κ3) is 3.30. The maximum absolute atomic E-state index is 12.1. The molecule has 0 atom stereocenters. The maximum atomic E-state index is 12.1. The number of ether oxygens (including phenoxy) is 1. The van der Waals surface area contributed by atoms with Crippen molar-refractivity contribution >= 4 is 34.9 Å². The molecule has 0 bridgehead atoms. The molecule has 0 radical (unpaired) electrons. The van der Waals surface area contributed by atoms with Crippen molar-refractivity contribution in [1.82, 2.24) is 9.38 Å². The van der Waals surface area contributed by atoms with Gasteiger partial charge in [-0.1, -0.05) is 12.1 Å². The number of pyridine rings is 1. The standard InChI is InChI=1S/C17H16N4O2S/c1-3-23-17(22)15-16(21-10-5-4-9-14(21)18-15)20-19-12-7-6-8-13(11-12)24-2/h4-11H,3H2,1-2H3. The predicted molar refractivity (Wildman–Crippen MR) is 93.5 cm³/mol. The second-order valence-electron chi connectivity index (χ2n) is 4.83. The molecule has 0 aliphatic rings. The second kappa shape index (κ2) is 7.27. The fourth-order valence-electron chi connectivity index (χ4n) is 2.19. The highest BCUT2D eigenvalue weighted by Crippen LogP contribution is 2.26. The molecule has 0 aliphatic carbocycles. The van der Waals surface area contributed by atoms with Gasteiger partial charge in [-0.25, -0.2) is 9.78 Å². The van der Waals surface area contributed by atoms with Crippen molar-refractivity contribution in [2.45, 2.75) is 11.8 Å². The number of hydrogen-bond donors (Lipinski definition) is 0. The highest BCUT2D eigenvalue weighted by Gasteiger charge is 2.20. The SMILES string of the molecule is CCOC(=O)c1nc2ccccn2c1N=Nc1cccc(SC)c1. The Morgan fingerprint density at radius 3 is 2.92 bits per heavy atom. The average molecular weight is 340 g/mol. The Morgan fingerprint density at radius 2 is 2.12 bits per heavy atom. The Labute approximate surface area is 143 Å². The van der Waals surface area contributed by atoms with Crippen LogP contribution in [0, 0.1) is 0 Å². The fourth-order valence-corrected chi connectivity index (χ4v) is 2.65. The van der Waals surface area contributed by atoms with Crippen molar-refractivity contribution in [2.75, 3.05) is 12.9 Å². The molecule has 0 saturated carbocycles. The first kappa shape index (κ1) is 16.2. The van der Waals surface area contributed by atoms with Crippen LogP contribution in [0.15, 0.2) is 63.8 Å². The number of fused-ring (bicyclic) bond motifs is 1. The van der Waals surface area contributed by atoms with Gasteiger partial charge in [-0.3, -0.25) is 4.40 Å². The van der Waals surface area contributed by atoms with Gasteiger partial charge in [0.1, 0.15) is 5.65 Å². The quantitative estimate of drug-likeness (QED) is 0.385. The molecular formula is C17H16N4O2S. The van der Waals surface area contributed by atoms with Gasteiger partial charge in [-0.05, 0) is 43.5 Å². The van der Waals surface area contributed by atoms with E-state index in [-0.39, 0.29) is 12.3 Å². The van der Waals surface area contributed by atoms with Gasteiger partial charge in [0.2, 0.25) is 0 Å². The fraction of sp³-hybridized carbons (Fsp3) is 0.176. The molecule has 2 heterocycles. The number of nitrogens with zero attached hydrogens (tertiary/aromatic N) is 4. The topological polar surface area (TPSA) is 68.3 Å². The molecule has 3 aromatic rings. The molecule has 0 N–H and O–H groups in total. The largest absolute Gasteiger partial charge is 0.461 e. The summed E-state index contributed by atoms with van der Waals surface area (Å²) in [6.07, 6.45) is 3.79. The summed E-state index contributed by atoms with van der Waals surface area (Å²) in [6.45, 7) is 2.03. The highest BCUT2D eigenvalue weighted by molar-refractivity contribution is 7.98. The van der Waals surface area contributed by atoms with Gasteiger partial charge in [0.15, 0.2) is 11.5 Å². The van der Waals surface area contributed by atoms with Gasteiger partial charge in [-0.2, -0.15) is 0 Å². The number of rotatable bonds is 5. The average Bonchev–Trinajstić information content (AvgIpc) is 2.99. The number of imidazole rings is 1. The number of carbonyl (C=O) groups excluding carboxylic acids is 1. The van der Waals surface area contributed by atoms with Crippen LogP contribution in [0.1, 0.15) is 17.4 Å². The number of thioether (sulfide) groups is 1. The van der Waals surface area contributed by atoms with E-state index in [1.807, 2.05) is 42.7 Å². The van der Waals surface area contributed by atoms with Crippen LogP contribution in [-0.2, 0) is 4.74 Å². The Hall–Kier alpha value is -2.67. The van der Waals surface area contributed by atoms with E-state index >= 15 is 0 Å². The molecule has 0 amide bonds. The predicted octanol–water partition coefficient (Wildman–Crippen LogP) is 4.65. The van der Waals surface area contributed by atoms with E-state index in [0.29, 0.717) is 17.2 Å². The lowest BCUT2D eigenvalue weighted by Gasteiger charge is -2.00. The molecular weight excluding hydrogens is 324 g/mol. The molecule has 122 valence electrons. The van der Waals surface area contributed by atoms with E-state index in [1.165, 1.54) is 0 Å². The molecule has 1 aromatic carbocycles. The number of carbonyl (C=O) groups is 1. The lowest BCUT2D eigenvalue weighted by Crippen LogP contribution is -2.05. The molecule has 24 heavy (non-hydrogen) atoms. The van der Waals surface area contributed by atoms with Crippen molar-refractivity contribution in [3.8, 4) is 0 Å². The third-order valence-corrected chi connectivity index (χ3v) is 4.01. The summed E-state index contributed by atoms with van der Waals surface area (Å²) in [5.41, 5.74) is 1.49. The summed E-state index contributed by atoms with van der Waals surface area (Å²) >= 11 is 1.63. The van der Waals surface area contributed by atoms with Crippen molar-refractivity contribution in [1.29, 1.82) is 0 Å².